The first kappa shape index (κ1) is 18.8. The van der Waals surface area contributed by atoms with Crippen LogP contribution < -0.4 is 5.32 Å². The van der Waals surface area contributed by atoms with Gasteiger partial charge >= 0.3 is 12.0 Å². The van der Waals surface area contributed by atoms with Gasteiger partial charge in [-0.2, -0.15) is 0 Å². The van der Waals surface area contributed by atoms with Crippen molar-refractivity contribution in [3.05, 3.63) is 28.8 Å². The molecule has 0 spiro atoms. The van der Waals surface area contributed by atoms with Crippen molar-refractivity contribution in [3.63, 3.8) is 0 Å². The number of hydrogen-bond donors (Lipinski definition) is 2. The maximum absolute atomic E-state index is 12.6. The van der Waals surface area contributed by atoms with Gasteiger partial charge in [0, 0.05) is 25.8 Å². The molecule has 126 valence electrons. The highest BCUT2D eigenvalue weighted by atomic mass is 35.5. The Bertz CT molecular complexity index is 617. The number of amides is 3. The third kappa shape index (κ3) is 5.14. The maximum atomic E-state index is 12.6. The number of rotatable bonds is 5. The van der Waals surface area contributed by atoms with Crippen LogP contribution in [0.2, 0.25) is 5.02 Å². The molecule has 3 amide bonds. The molecule has 7 nitrogen and oxygen atoms in total. The molecule has 0 radical (unpaired) electrons. The van der Waals surface area contributed by atoms with Crippen molar-refractivity contribution in [2.45, 2.75) is 19.9 Å². The largest absolute Gasteiger partial charge is 0.480 e. The number of urea groups is 1. The van der Waals surface area contributed by atoms with Crippen LogP contribution >= 0.6 is 11.6 Å². The summed E-state index contributed by atoms with van der Waals surface area (Å²) in [6, 6.07) is 3.83. The molecule has 1 aromatic carbocycles. The second-order valence-electron chi connectivity index (χ2n) is 5.44. The summed E-state index contributed by atoms with van der Waals surface area (Å²) < 4.78 is 0. The van der Waals surface area contributed by atoms with E-state index in [4.69, 9.17) is 16.7 Å². The van der Waals surface area contributed by atoms with Gasteiger partial charge in [0.25, 0.3) is 5.91 Å². The van der Waals surface area contributed by atoms with Gasteiger partial charge in [0.05, 0.1) is 10.6 Å². The molecule has 0 aromatic heterocycles. The Hall–Kier alpha value is -2.28. The Balaban J connectivity index is 3.12. The SMILES string of the molecule is CC(C)N(CC(=O)O)C(=O)c1cc(NC(=O)N(C)C)ccc1Cl. The van der Waals surface area contributed by atoms with E-state index in [1.807, 2.05) is 0 Å². The van der Waals surface area contributed by atoms with Gasteiger partial charge in [0.2, 0.25) is 0 Å². The van der Waals surface area contributed by atoms with Crippen molar-refractivity contribution in [2.75, 3.05) is 26.0 Å². The summed E-state index contributed by atoms with van der Waals surface area (Å²) in [5, 5.41) is 11.7. The lowest BCUT2D eigenvalue weighted by Gasteiger charge is -2.25. The van der Waals surface area contributed by atoms with Crippen LogP contribution in [0.15, 0.2) is 18.2 Å². The van der Waals surface area contributed by atoms with Crippen LogP contribution in [0.3, 0.4) is 0 Å². The molecule has 0 aliphatic carbocycles. The number of aliphatic carboxylic acids is 1. The normalized spacial score (nSPS) is 10.3. The molecule has 8 heteroatoms. The lowest BCUT2D eigenvalue weighted by Crippen LogP contribution is -2.40. The highest BCUT2D eigenvalue weighted by Gasteiger charge is 2.23. The highest BCUT2D eigenvalue weighted by molar-refractivity contribution is 6.34. The third-order valence-electron chi connectivity index (χ3n) is 3.04. The van der Waals surface area contributed by atoms with Gasteiger partial charge in [0.15, 0.2) is 0 Å². The zero-order chi connectivity index (χ0) is 17.7. The van der Waals surface area contributed by atoms with Crippen molar-refractivity contribution in [2.24, 2.45) is 0 Å². The first-order valence-corrected chi connectivity index (χ1v) is 7.32. The van der Waals surface area contributed by atoms with Gasteiger partial charge in [-0.05, 0) is 32.0 Å². The molecule has 1 rings (SSSR count). The van der Waals surface area contributed by atoms with Crippen LogP contribution in [0.5, 0.6) is 0 Å². The zero-order valence-corrected chi connectivity index (χ0v) is 14.2. The Morgan fingerprint density at radius 3 is 2.35 bits per heavy atom. The smallest absolute Gasteiger partial charge is 0.323 e. The van der Waals surface area contributed by atoms with Gasteiger partial charge in [0.1, 0.15) is 6.54 Å². The first-order valence-electron chi connectivity index (χ1n) is 6.94. The van der Waals surface area contributed by atoms with Crippen molar-refractivity contribution in [3.8, 4) is 0 Å². The van der Waals surface area contributed by atoms with Gasteiger partial charge in [-0.3, -0.25) is 9.59 Å². The molecule has 0 atom stereocenters. The standard InChI is InChI=1S/C15H20ClN3O4/c1-9(2)19(8-13(20)21)14(22)11-7-10(5-6-12(11)16)17-15(23)18(3)4/h5-7,9H,8H2,1-4H3,(H,17,23)(H,20,21). The number of halogens is 1. The number of anilines is 1. The minimum absolute atomic E-state index is 0.137. The Morgan fingerprint density at radius 1 is 1.26 bits per heavy atom. The summed E-state index contributed by atoms with van der Waals surface area (Å²) in [5.41, 5.74) is 0.536. The van der Waals surface area contributed by atoms with E-state index in [-0.39, 0.29) is 22.7 Å². The summed E-state index contributed by atoms with van der Waals surface area (Å²) in [5.74, 6) is -1.62. The molecule has 0 heterocycles. The lowest BCUT2D eigenvalue weighted by molar-refractivity contribution is -0.138. The van der Waals surface area contributed by atoms with Crippen LogP contribution in [0.25, 0.3) is 0 Å². The number of carboxylic acid groups (broad SMARTS) is 1. The van der Waals surface area contributed by atoms with Crippen LogP contribution in [-0.2, 0) is 4.79 Å². The van der Waals surface area contributed by atoms with E-state index in [9.17, 15) is 14.4 Å². The average Bonchev–Trinajstić information content (AvgIpc) is 2.45. The molecule has 0 bridgehead atoms. The van der Waals surface area contributed by atoms with E-state index in [1.54, 1.807) is 34.0 Å². The van der Waals surface area contributed by atoms with E-state index in [0.717, 1.165) is 0 Å². The fraction of sp³-hybridized carbons (Fsp3) is 0.400. The second-order valence-corrected chi connectivity index (χ2v) is 5.85. The third-order valence-corrected chi connectivity index (χ3v) is 3.37. The topological polar surface area (TPSA) is 90.0 Å². The van der Waals surface area contributed by atoms with Crippen molar-refractivity contribution >= 4 is 35.2 Å². The number of nitrogens with one attached hydrogen (secondary N) is 1. The maximum Gasteiger partial charge on any atom is 0.323 e. The number of carboxylic acids is 1. The fourth-order valence-corrected chi connectivity index (χ4v) is 1.99. The van der Waals surface area contributed by atoms with E-state index in [2.05, 4.69) is 5.32 Å². The summed E-state index contributed by atoms with van der Waals surface area (Å²) >= 11 is 6.06. The summed E-state index contributed by atoms with van der Waals surface area (Å²) in [6.07, 6.45) is 0. The molecule has 0 saturated heterocycles. The number of benzene rings is 1. The molecule has 23 heavy (non-hydrogen) atoms. The molecule has 0 saturated carbocycles. The second kappa shape index (κ2) is 7.82. The number of nitrogens with zero attached hydrogens (tertiary/aromatic N) is 2. The summed E-state index contributed by atoms with van der Waals surface area (Å²) in [6.45, 7) is 3.00. The van der Waals surface area contributed by atoms with E-state index >= 15 is 0 Å². The van der Waals surface area contributed by atoms with Gasteiger partial charge in [-0.25, -0.2) is 4.79 Å². The van der Waals surface area contributed by atoms with Crippen molar-refractivity contribution < 1.29 is 19.5 Å². The van der Waals surface area contributed by atoms with Gasteiger partial charge < -0.3 is 20.2 Å². The zero-order valence-electron chi connectivity index (χ0n) is 13.5. The molecule has 0 aliphatic heterocycles. The van der Waals surface area contributed by atoms with E-state index in [1.165, 1.54) is 21.9 Å². The lowest BCUT2D eigenvalue weighted by atomic mass is 10.1. The first-order chi connectivity index (χ1) is 10.6. The Labute approximate surface area is 139 Å². The number of hydrogen-bond acceptors (Lipinski definition) is 3. The molecular weight excluding hydrogens is 322 g/mol. The number of carbonyl (C=O) groups is 3. The monoisotopic (exact) mass is 341 g/mol. The van der Waals surface area contributed by atoms with Gasteiger partial charge in [-0.1, -0.05) is 11.6 Å². The van der Waals surface area contributed by atoms with Gasteiger partial charge in [-0.15, -0.1) is 0 Å². The molecule has 0 unspecified atom stereocenters. The van der Waals surface area contributed by atoms with Crippen LogP contribution in [0, 0.1) is 0 Å². The van der Waals surface area contributed by atoms with Crippen LogP contribution in [-0.4, -0.2) is 59.5 Å². The Kier molecular flexibility index (Phi) is 6.38. The van der Waals surface area contributed by atoms with Crippen molar-refractivity contribution in [1.29, 1.82) is 0 Å². The molecule has 2 N–H and O–H groups in total. The summed E-state index contributed by atoms with van der Waals surface area (Å²) in [7, 11) is 3.18. The molecular formula is C15H20ClN3O4. The fourth-order valence-electron chi connectivity index (χ4n) is 1.79. The van der Waals surface area contributed by atoms with E-state index < -0.39 is 18.4 Å². The quantitative estimate of drug-likeness (QED) is 0.860. The van der Waals surface area contributed by atoms with E-state index in [0.29, 0.717) is 5.69 Å². The predicted octanol–water partition coefficient (Wildman–Crippen LogP) is 2.37. The predicted molar refractivity (Wildman–Crippen MR) is 88.0 cm³/mol. The summed E-state index contributed by atoms with van der Waals surface area (Å²) in [4.78, 5) is 37.7. The van der Waals surface area contributed by atoms with Crippen LogP contribution in [0.1, 0.15) is 24.2 Å². The molecule has 0 aliphatic rings. The Morgan fingerprint density at radius 2 is 1.87 bits per heavy atom. The molecule has 0 fully saturated rings. The number of carbonyl (C=O) groups excluding carboxylic acids is 2. The van der Waals surface area contributed by atoms with Crippen LogP contribution in [0.4, 0.5) is 10.5 Å². The minimum atomic E-state index is -1.11. The highest BCUT2D eigenvalue weighted by Crippen LogP contribution is 2.23. The minimum Gasteiger partial charge on any atom is -0.480 e. The molecule has 1 aromatic rings. The average molecular weight is 342 g/mol. The van der Waals surface area contributed by atoms with Crippen molar-refractivity contribution in [1.82, 2.24) is 9.80 Å².